The van der Waals surface area contributed by atoms with Crippen LogP contribution in [0.1, 0.15) is 68.6 Å². The van der Waals surface area contributed by atoms with Crippen LogP contribution in [0.5, 0.6) is 0 Å². The van der Waals surface area contributed by atoms with Crippen LogP contribution in [-0.4, -0.2) is 18.6 Å². The number of anilines is 2. The fourth-order valence-electron chi connectivity index (χ4n) is 2.93. The van der Waals surface area contributed by atoms with Gasteiger partial charge in [-0.15, -0.1) is 0 Å². The third-order valence-corrected chi connectivity index (χ3v) is 4.42. The Balaban J connectivity index is 1.82. The van der Waals surface area contributed by atoms with Crippen molar-refractivity contribution < 1.29 is 9.53 Å². The Hall–Kier alpha value is -2.59. The zero-order valence-corrected chi connectivity index (χ0v) is 15.6. The summed E-state index contributed by atoms with van der Waals surface area (Å²) >= 11 is 0. The summed E-state index contributed by atoms with van der Waals surface area (Å²) in [5.74, 6) is 10.7. The van der Waals surface area contributed by atoms with Crippen LogP contribution in [0.4, 0.5) is 11.4 Å². The molecule has 0 atom stereocenters. The second kappa shape index (κ2) is 11.1. The van der Waals surface area contributed by atoms with E-state index in [1.807, 2.05) is 6.07 Å². The molecule has 138 valence electrons. The van der Waals surface area contributed by atoms with E-state index in [9.17, 15) is 4.79 Å². The van der Waals surface area contributed by atoms with Crippen LogP contribution in [0.15, 0.2) is 18.2 Å². The van der Waals surface area contributed by atoms with Crippen LogP contribution in [0.2, 0.25) is 0 Å². The minimum absolute atomic E-state index is 0.0310. The first-order chi connectivity index (χ1) is 12.7. The van der Waals surface area contributed by atoms with E-state index in [4.69, 9.17) is 10.5 Å². The van der Waals surface area contributed by atoms with Crippen molar-refractivity contribution in [2.45, 2.75) is 64.3 Å². The van der Waals surface area contributed by atoms with Crippen LogP contribution < -0.4 is 11.1 Å². The molecule has 2 rings (SSSR count). The van der Waals surface area contributed by atoms with Crippen molar-refractivity contribution in [2.75, 3.05) is 17.7 Å². The third-order valence-electron chi connectivity index (χ3n) is 4.42. The van der Waals surface area contributed by atoms with Crippen molar-refractivity contribution in [1.82, 2.24) is 0 Å². The average Bonchev–Trinajstić information content (AvgIpc) is 2.66. The second-order valence-corrected chi connectivity index (χ2v) is 6.56. The van der Waals surface area contributed by atoms with Gasteiger partial charge in [0.1, 0.15) is 0 Å². The van der Waals surface area contributed by atoms with Crippen molar-refractivity contribution in [3.63, 3.8) is 0 Å². The van der Waals surface area contributed by atoms with Crippen LogP contribution >= 0.6 is 0 Å². The lowest BCUT2D eigenvalue weighted by Crippen LogP contribution is -2.22. The fourth-order valence-corrected chi connectivity index (χ4v) is 2.93. The summed E-state index contributed by atoms with van der Waals surface area (Å²) in [6.45, 7) is 2.15. The quantitative estimate of drug-likeness (QED) is 0.345. The van der Waals surface area contributed by atoms with Gasteiger partial charge in [0.25, 0.3) is 0 Å². The molecular formula is C22H28N2O2. The van der Waals surface area contributed by atoms with E-state index in [0.717, 1.165) is 24.9 Å². The van der Waals surface area contributed by atoms with Crippen LogP contribution in [0, 0.1) is 23.7 Å². The molecule has 0 unspecified atom stereocenters. The number of carbonyl (C=O) groups excluding carboxylic acids is 1. The van der Waals surface area contributed by atoms with Gasteiger partial charge in [0.05, 0.1) is 16.9 Å². The van der Waals surface area contributed by atoms with E-state index in [-0.39, 0.29) is 6.61 Å². The number of nitrogens with one attached hydrogen (secondary N) is 1. The maximum atomic E-state index is 12.1. The lowest BCUT2D eigenvalue weighted by Gasteiger charge is -2.24. The molecule has 0 aromatic heterocycles. The largest absolute Gasteiger partial charge is 0.449 e. The topological polar surface area (TPSA) is 64.3 Å². The number of nitrogens with two attached hydrogens (primary N) is 1. The first kappa shape index (κ1) is 19.7. The number of hydrogen-bond donors (Lipinski definition) is 2. The molecule has 0 bridgehead atoms. The summed E-state index contributed by atoms with van der Waals surface area (Å²) in [6.07, 6.45) is 9.22. The Labute approximate surface area is 156 Å². The van der Waals surface area contributed by atoms with Crippen LogP contribution in [-0.2, 0) is 4.74 Å². The van der Waals surface area contributed by atoms with E-state index in [0.29, 0.717) is 17.3 Å². The number of ether oxygens (including phenoxy) is 1. The van der Waals surface area contributed by atoms with Gasteiger partial charge in [0, 0.05) is 12.5 Å². The van der Waals surface area contributed by atoms with E-state index in [1.54, 1.807) is 12.1 Å². The number of unbranched alkanes of at least 4 members (excludes halogenated alkanes) is 2. The minimum atomic E-state index is -0.422. The Morgan fingerprint density at radius 1 is 1.23 bits per heavy atom. The molecule has 0 radical (unpaired) electrons. The van der Waals surface area contributed by atoms with Crippen molar-refractivity contribution >= 4 is 17.3 Å². The van der Waals surface area contributed by atoms with Crippen molar-refractivity contribution in [2.24, 2.45) is 0 Å². The normalized spacial score (nSPS) is 13.7. The molecule has 0 aliphatic heterocycles. The molecule has 0 spiro atoms. The smallest absolute Gasteiger partial charge is 0.339 e. The SMILES string of the molecule is CCCCC#CC#CCOC(=O)c1ccc(NC2CCCCC2)c(N)c1. The van der Waals surface area contributed by atoms with E-state index in [2.05, 4.69) is 35.9 Å². The van der Waals surface area contributed by atoms with Gasteiger partial charge < -0.3 is 15.8 Å². The third kappa shape index (κ3) is 6.73. The summed E-state index contributed by atoms with van der Waals surface area (Å²) in [6, 6.07) is 5.72. The molecule has 1 aliphatic rings. The molecule has 4 nitrogen and oxygen atoms in total. The predicted molar refractivity (Wildman–Crippen MR) is 107 cm³/mol. The number of hydrogen-bond acceptors (Lipinski definition) is 4. The molecule has 0 saturated heterocycles. The van der Waals surface area contributed by atoms with Gasteiger partial charge in [-0.25, -0.2) is 4.79 Å². The van der Waals surface area contributed by atoms with Gasteiger partial charge in [0.2, 0.25) is 0 Å². The first-order valence-electron chi connectivity index (χ1n) is 9.49. The lowest BCUT2D eigenvalue weighted by molar-refractivity contribution is 0.0557. The van der Waals surface area contributed by atoms with Gasteiger partial charge in [-0.2, -0.15) is 0 Å². The number of rotatable bonds is 6. The molecule has 1 aromatic carbocycles. The highest BCUT2D eigenvalue weighted by molar-refractivity contribution is 5.92. The highest BCUT2D eigenvalue weighted by Crippen LogP contribution is 2.26. The van der Waals surface area contributed by atoms with Crippen LogP contribution in [0.25, 0.3) is 0 Å². The number of esters is 1. The standard InChI is InChI=1S/C22H28N2O2/c1-2-3-4-5-6-7-11-16-26-22(25)18-14-15-21(20(23)17-18)24-19-12-9-8-10-13-19/h14-15,17,19,24H,2-4,8-10,12-13,16,23H2,1H3. The number of nitrogen functional groups attached to an aromatic ring is 1. The molecule has 0 amide bonds. The summed E-state index contributed by atoms with van der Waals surface area (Å²) in [7, 11) is 0. The van der Waals surface area contributed by atoms with Gasteiger partial charge in [-0.05, 0) is 55.2 Å². The van der Waals surface area contributed by atoms with E-state index >= 15 is 0 Å². The van der Waals surface area contributed by atoms with Crippen molar-refractivity contribution in [1.29, 1.82) is 0 Å². The zero-order chi connectivity index (χ0) is 18.6. The summed E-state index contributed by atoms with van der Waals surface area (Å²) in [4.78, 5) is 12.1. The molecule has 1 saturated carbocycles. The Morgan fingerprint density at radius 3 is 2.73 bits per heavy atom. The zero-order valence-electron chi connectivity index (χ0n) is 15.6. The summed E-state index contributed by atoms with van der Waals surface area (Å²) < 4.78 is 5.14. The van der Waals surface area contributed by atoms with Gasteiger partial charge in [-0.3, -0.25) is 0 Å². The first-order valence-corrected chi connectivity index (χ1v) is 9.49. The Bertz CT molecular complexity index is 713. The van der Waals surface area contributed by atoms with Crippen molar-refractivity contribution in [3.8, 4) is 23.7 Å². The molecular weight excluding hydrogens is 324 g/mol. The minimum Gasteiger partial charge on any atom is -0.449 e. The number of benzene rings is 1. The van der Waals surface area contributed by atoms with Gasteiger partial charge >= 0.3 is 5.97 Å². The highest BCUT2D eigenvalue weighted by Gasteiger charge is 2.15. The Morgan fingerprint density at radius 2 is 2.00 bits per heavy atom. The Kier molecular flexibility index (Phi) is 8.43. The van der Waals surface area contributed by atoms with E-state index < -0.39 is 5.97 Å². The molecule has 1 fully saturated rings. The lowest BCUT2D eigenvalue weighted by atomic mass is 9.95. The molecule has 1 aliphatic carbocycles. The molecule has 3 N–H and O–H groups in total. The monoisotopic (exact) mass is 352 g/mol. The molecule has 0 heterocycles. The van der Waals surface area contributed by atoms with Gasteiger partial charge in [0.15, 0.2) is 6.61 Å². The average molecular weight is 352 g/mol. The van der Waals surface area contributed by atoms with Gasteiger partial charge in [-0.1, -0.05) is 38.5 Å². The molecule has 26 heavy (non-hydrogen) atoms. The van der Waals surface area contributed by atoms with Crippen LogP contribution in [0.3, 0.4) is 0 Å². The maximum absolute atomic E-state index is 12.1. The summed E-state index contributed by atoms with van der Waals surface area (Å²) in [5.41, 5.74) is 7.98. The number of carbonyl (C=O) groups is 1. The highest BCUT2D eigenvalue weighted by atomic mass is 16.5. The maximum Gasteiger partial charge on any atom is 0.339 e. The summed E-state index contributed by atoms with van der Waals surface area (Å²) in [5, 5.41) is 3.48. The van der Waals surface area contributed by atoms with Crippen molar-refractivity contribution in [3.05, 3.63) is 23.8 Å². The molecule has 1 aromatic rings. The predicted octanol–water partition coefficient (Wildman–Crippen LogP) is 4.37. The fraction of sp³-hybridized carbons (Fsp3) is 0.500. The van der Waals surface area contributed by atoms with E-state index in [1.165, 1.54) is 32.1 Å². The molecule has 4 heteroatoms. The second-order valence-electron chi connectivity index (χ2n) is 6.56.